The molecule has 0 saturated heterocycles. The van der Waals surface area contributed by atoms with Crippen LogP contribution >= 0.6 is 15.9 Å². The summed E-state index contributed by atoms with van der Waals surface area (Å²) < 4.78 is 1.06. The van der Waals surface area contributed by atoms with Gasteiger partial charge in [-0.15, -0.1) is 0 Å². The van der Waals surface area contributed by atoms with Gasteiger partial charge in [-0.05, 0) is 47.4 Å². The van der Waals surface area contributed by atoms with Crippen LogP contribution in [-0.4, -0.2) is 11.9 Å². The molecule has 0 aliphatic heterocycles. The molecule has 2 aromatic rings. The summed E-state index contributed by atoms with van der Waals surface area (Å²) in [5.74, 6) is 0.728. The van der Waals surface area contributed by atoms with Gasteiger partial charge in [0.1, 0.15) is 0 Å². The van der Waals surface area contributed by atoms with Crippen LogP contribution in [0.5, 0.6) is 0 Å². The maximum atomic E-state index is 12.1. The number of amides is 1. The predicted octanol–water partition coefficient (Wildman–Crippen LogP) is 4.13. The highest BCUT2D eigenvalue weighted by Crippen LogP contribution is 2.33. The highest BCUT2D eigenvalue weighted by atomic mass is 79.9. The second-order valence-electron chi connectivity index (χ2n) is 5.19. The largest absolute Gasteiger partial charge is 0.349 e. The van der Waals surface area contributed by atoms with Crippen molar-refractivity contribution < 1.29 is 4.79 Å². The summed E-state index contributed by atoms with van der Waals surface area (Å²) >= 11 is 3.46. The predicted molar refractivity (Wildman–Crippen MR) is 81.3 cm³/mol. The molecule has 1 aliphatic carbocycles. The van der Waals surface area contributed by atoms with Gasteiger partial charge in [0, 0.05) is 16.1 Å². The zero-order valence-electron chi connectivity index (χ0n) is 10.8. The van der Waals surface area contributed by atoms with Crippen molar-refractivity contribution in [2.24, 2.45) is 5.92 Å². The molecule has 98 valence electrons. The SMILES string of the molecule is CCC1CC1NC(=O)c1ccc2cc(Br)ccc2c1. The van der Waals surface area contributed by atoms with Crippen LogP contribution in [0.25, 0.3) is 10.8 Å². The molecule has 0 spiro atoms. The third-order valence-corrected chi connectivity index (χ3v) is 4.32. The Morgan fingerprint density at radius 2 is 2.00 bits per heavy atom. The number of halogens is 1. The number of rotatable bonds is 3. The highest BCUT2D eigenvalue weighted by Gasteiger charge is 2.36. The molecule has 2 unspecified atom stereocenters. The van der Waals surface area contributed by atoms with Crippen molar-refractivity contribution >= 4 is 32.6 Å². The lowest BCUT2D eigenvalue weighted by atomic mass is 10.1. The Bertz CT molecular complexity index is 638. The zero-order valence-corrected chi connectivity index (χ0v) is 12.4. The molecule has 2 aromatic carbocycles. The number of carbonyl (C=O) groups is 1. The summed E-state index contributed by atoms with van der Waals surface area (Å²) in [6.07, 6.45) is 2.28. The Balaban J connectivity index is 1.81. The lowest BCUT2D eigenvalue weighted by Gasteiger charge is -2.06. The number of hydrogen-bond acceptors (Lipinski definition) is 1. The van der Waals surface area contributed by atoms with Crippen LogP contribution in [-0.2, 0) is 0 Å². The second-order valence-corrected chi connectivity index (χ2v) is 6.11. The minimum absolute atomic E-state index is 0.0470. The van der Waals surface area contributed by atoms with Crippen molar-refractivity contribution in [2.45, 2.75) is 25.8 Å². The van der Waals surface area contributed by atoms with E-state index in [4.69, 9.17) is 0 Å². The molecule has 0 bridgehead atoms. The van der Waals surface area contributed by atoms with Gasteiger partial charge in [0.2, 0.25) is 0 Å². The van der Waals surface area contributed by atoms with Crippen molar-refractivity contribution in [3.8, 4) is 0 Å². The zero-order chi connectivity index (χ0) is 13.4. The first-order chi connectivity index (χ1) is 9.17. The van der Waals surface area contributed by atoms with E-state index in [-0.39, 0.29) is 5.91 Å². The van der Waals surface area contributed by atoms with E-state index in [9.17, 15) is 4.79 Å². The summed E-state index contributed by atoms with van der Waals surface area (Å²) in [4.78, 5) is 12.1. The highest BCUT2D eigenvalue weighted by molar-refractivity contribution is 9.10. The normalized spacial score (nSPS) is 21.4. The van der Waals surface area contributed by atoms with E-state index >= 15 is 0 Å². The topological polar surface area (TPSA) is 29.1 Å². The second kappa shape index (κ2) is 4.97. The average Bonchev–Trinajstić information content (AvgIpc) is 3.16. The van der Waals surface area contributed by atoms with Crippen molar-refractivity contribution in [2.75, 3.05) is 0 Å². The van der Waals surface area contributed by atoms with Gasteiger partial charge in [-0.2, -0.15) is 0 Å². The lowest BCUT2D eigenvalue weighted by molar-refractivity contribution is 0.0949. The van der Waals surface area contributed by atoms with E-state index in [0.29, 0.717) is 12.0 Å². The Morgan fingerprint density at radius 3 is 2.74 bits per heavy atom. The number of benzene rings is 2. The maximum absolute atomic E-state index is 12.1. The monoisotopic (exact) mass is 317 g/mol. The summed E-state index contributed by atoms with van der Waals surface area (Å²) in [5.41, 5.74) is 0.747. The fourth-order valence-electron chi connectivity index (χ4n) is 2.49. The van der Waals surface area contributed by atoms with E-state index in [2.05, 4.69) is 34.2 Å². The van der Waals surface area contributed by atoms with Crippen LogP contribution < -0.4 is 5.32 Å². The minimum atomic E-state index is 0.0470. The van der Waals surface area contributed by atoms with Crippen molar-refractivity contribution in [1.29, 1.82) is 0 Å². The molecule has 2 atom stereocenters. The molecule has 1 amide bonds. The summed E-state index contributed by atoms with van der Waals surface area (Å²) in [6.45, 7) is 2.17. The van der Waals surface area contributed by atoms with Gasteiger partial charge in [0.15, 0.2) is 0 Å². The van der Waals surface area contributed by atoms with Crippen molar-refractivity contribution in [3.05, 3.63) is 46.4 Å². The molecule has 0 aromatic heterocycles. The number of nitrogens with one attached hydrogen (secondary N) is 1. The Labute approximate surface area is 121 Å². The first kappa shape index (κ1) is 12.7. The summed E-state index contributed by atoms with van der Waals surface area (Å²) in [7, 11) is 0. The molecule has 1 aliphatic rings. The van der Waals surface area contributed by atoms with Gasteiger partial charge in [-0.3, -0.25) is 4.79 Å². The number of fused-ring (bicyclic) bond motifs is 1. The Hall–Kier alpha value is -1.35. The molecule has 0 radical (unpaired) electrons. The molecule has 3 heteroatoms. The van der Waals surface area contributed by atoms with E-state index in [0.717, 1.165) is 33.7 Å². The van der Waals surface area contributed by atoms with Crippen LogP contribution in [0, 0.1) is 5.92 Å². The molecule has 1 saturated carbocycles. The lowest BCUT2D eigenvalue weighted by Crippen LogP contribution is -2.26. The average molecular weight is 318 g/mol. The molecule has 2 nitrogen and oxygen atoms in total. The van der Waals surface area contributed by atoms with E-state index in [1.165, 1.54) is 0 Å². The van der Waals surface area contributed by atoms with Crippen LogP contribution in [0.15, 0.2) is 40.9 Å². The third kappa shape index (κ3) is 2.66. The number of hydrogen-bond donors (Lipinski definition) is 1. The Kier molecular flexibility index (Phi) is 3.31. The van der Waals surface area contributed by atoms with Gasteiger partial charge in [-0.1, -0.05) is 41.4 Å². The maximum Gasteiger partial charge on any atom is 0.251 e. The summed E-state index contributed by atoms with van der Waals surface area (Å²) in [6, 6.07) is 12.3. The van der Waals surface area contributed by atoms with E-state index < -0.39 is 0 Å². The van der Waals surface area contributed by atoms with Crippen LogP contribution in [0.4, 0.5) is 0 Å². The standard InChI is InChI=1S/C16H16BrNO/c1-2-10-9-15(10)18-16(19)13-4-3-12-8-14(17)6-5-11(12)7-13/h3-8,10,15H,2,9H2,1H3,(H,18,19). The van der Waals surface area contributed by atoms with Gasteiger partial charge in [0.25, 0.3) is 5.91 Å². The number of carbonyl (C=O) groups excluding carboxylic acids is 1. The van der Waals surface area contributed by atoms with Crippen molar-refractivity contribution in [1.82, 2.24) is 5.32 Å². The van der Waals surface area contributed by atoms with E-state index in [1.54, 1.807) is 0 Å². The molecule has 1 N–H and O–H groups in total. The quantitative estimate of drug-likeness (QED) is 0.906. The van der Waals surface area contributed by atoms with Gasteiger partial charge >= 0.3 is 0 Å². The van der Waals surface area contributed by atoms with Gasteiger partial charge < -0.3 is 5.32 Å². The summed E-state index contributed by atoms with van der Waals surface area (Å²) in [5, 5.41) is 5.34. The molecule has 1 fully saturated rings. The molecular weight excluding hydrogens is 302 g/mol. The fourth-order valence-corrected chi connectivity index (χ4v) is 2.86. The molecule has 0 heterocycles. The first-order valence-electron chi connectivity index (χ1n) is 6.67. The van der Waals surface area contributed by atoms with Crippen LogP contribution in [0.2, 0.25) is 0 Å². The van der Waals surface area contributed by atoms with E-state index in [1.807, 2.05) is 30.3 Å². The first-order valence-corrected chi connectivity index (χ1v) is 7.47. The Morgan fingerprint density at radius 1 is 1.26 bits per heavy atom. The van der Waals surface area contributed by atoms with Crippen LogP contribution in [0.1, 0.15) is 30.1 Å². The van der Waals surface area contributed by atoms with Gasteiger partial charge in [0.05, 0.1) is 0 Å². The van der Waals surface area contributed by atoms with Gasteiger partial charge in [-0.25, -0.2) is 0 Å². The third-order valence-electron chi connectivity index (χ3n) is 3.83. The molecular formula is C16H16BrNO. The van der Waals surface area contributed by atoms with Crippen molar-refractivity contribution in [3.63, 3.8) is 0 Å². The molecule has 3 rings (SSSR count). The van der Waals surface area contributed by atoms with Crippen LogP contribution in [0.3, 0.4) is 0 Å². The minimum Gasteiger partial charge on any atom is -0.349 e. The smallest absolute Gasteiger partial charge is 0.251 e. The fraction of sp³-hybridized carbons (Fsp3) is 0.312. The molecule has 19 heavy (non-hydrogen) atoms.